The fourth-order valence-electron chi connectivity index (χ4n) is 1.53. The average molecular weight is 271 g/mol. The summed E-state index contributed by atoms with van der Waals surface area (Å²) in [5.41, 5.74) is 0.309. The van der Waals surface area contributed by atoms with Gasteiger partial charge in [0.25, 0.3) is 5.91 Å². The zero-order chi connectivity index (χ0) is 13.0. The summed E-state index contributed by atoms with van der Waals surface area (Å²) in [6.07, 6.45) is 1.65. The molecule has 2 N–H and O–H groups in total. The molecule has 100 valence electrons. The first-order valence-corrected chi connectivity index (χ1v) is 7.45. The summed E-state index contributed by atoms with van der Waals surface area (Å²) in [7, 11) is -0.858. The number of amides is 1. The topological polar surface area (TPSA) is 88.9 Å². The molecule has 2 heterocycles. The average Bonchev–Trinajstić information content (AvgIpc) is 2.75. The van der Waals surface area contributed by atoms with Gasteiger partial charge >= 0.3 is 0 Å². The predicted molar refractivity (Wildman–Crippen MR) is 67.8 cm³/mol. The van der Waals surface area contributed by atoms with Crippen LogP contribution in [0.25, 0.3) is 0 Å². The van der Waals surface area contributed by atoms with Crippen LogP contribution in [0.1, 0.15) is 23.5 Å². The van der Waals surface area contributed by atoms with Crippen molar-refractivity contribution in [2.45, 2.75) is 13.0 Å². The summed E-state index contributed by atoms with van der Waals surface area (Å²) in [4.78, 5) is 11.7. The first kappa shape index (κ1) is 13.2. The van der Waals surface area contributed by atoms with Crippen molar-refractivity contribution in [3.05, 3.63) is 11.9 Å². The number of nitrogens with zero attached hydrogens (tertiary/aromatic N) is 3. The largest absolute Gasteiger partial charge is 0.350 e. The van der Waals surface area contributed by atoms with Crippen molar-refractivity contribution >= 4 is 16.7 Å². The molecule has 0 aromatic carbocycles. The highest BCUT2D eigenvalue weighted by atomic mass is 32.2. The van der Waals surface area contributed by atoms with Gasteiger partial charge in [-0.1, -0.05) is 12.1 Å². The van der Waals surface area contributed by atoms with E-state index in [1.54, 1.807) is 10.9 Å². The van der Waals surface area contributed by atoms with E-state index in [-0.39, 0.29) is 5.91 Å². The van der Waals surface area contributed by atoms with Crippen LogP contribution in [0, 0.1) is 0 Å². The number of carbonyl (C=O) groups is 1. The van der Waals surface area contributed by atoms with E-state index in [1.807, 2.05) is 6.92 Å². The predicted octanol–water partition coefficient (Wildman–Crippen LogP) is -1.08. The van der Waals surface area contributed by atoms with Crippen molar-refractivity contribution in [2.24, 2.45) is 0 Å². The van der Waals surface area contributed by atoms with E-state index in [1.165, 1.54) is 0 Å². The molecule has 8 heteroatoms. The Kier molecular flexibility index (Phi) is 4.43. The van der Waals surface area contributed by atoms with Crippen molar-refractivity contribution < 1.29 is 9.00 Å². The Morgan fingerprint density at radius 3 is 3.06 bits per heavy atom. The third-order valence-corrected chi connectivity index (χ3v) is 4.12. The summed E-state index contributed by atoms with van der Waals surface area (Å²) < 4.78 is 12.9. The zero-order valence-electron chi connectivity index (χ0n) is 10.3. The van der Waals surface area contributed by atoms with Crippen LogP contribution in [-0.4, -0.2) is 56.2 Å². The maximum absolute atomic E-state index is 11.7. The lowest BCUT2D eigenvalue weighted by atomic mass is 10.2. The molecule has 1 fully saturated rings. The molecule has 1 aliphatic heterocycles. The van der Waals surface area contributed by atoms with E-state index in [4.69, 9.17) is 0 Å². The van der Waals surface area contributed by atoms with Crippen molar-refractivity contribution in [1.82, 2.24) is 25.6 Å². The number of rotatable bonds is 6. The number of hydrogen-bond donors (Lipinski definition) is 2. The molecule has 0 bridgehead atoms. The standard InChI is InChI=1S/C10H17N5O2S/c1-2-18(17)4-3-12-10(16)9-7-15(14-13-9)8-5-11-6-8/h7-8,11H,2-6H2,1H3,(H,12,16). The molecular formula is C10H17N5O2S. The fourth-order valence-corrected chi connectivity index (χ4v) is 2.15. The molecule has 1 atom stereocenters. The number of hydrogen-bond acceptors (Lipinski definition) is 5. The summed E-state index contributed by atoms with van der Waals surface area (Å²) in [5.74, 6) is 0.825. The smallest absolute Gasteiger partial charge is 0.273 e. The van der Waals surface area contributed by atoms with E-state index in [2.05, 4.69) is 20.9 Å². The number of nitrogens with one attached hydrogen (secondary N) is 2. The van der Waals surface area contributed by atoms with Crippen molar-refractivity contribution in [2.75, 3.05) is 31.1 Å². The third-order valence-electron chi connectivity index (χ3n) is 2.81. The molecule has 1 unspecified atom stereocenters. The van der Waals surface area contributed by atoms with E-state index in [0.717, 1.165) is 13.1 Å². The molecule has 2 rings (SSSR count). The highest BCUT2D eigenvalue weighted by Crippen LogP contribution is 2.09. The van der Waals surface area contributed by atoms with Gasteiger partial charge in [-0.2, -0.15) is 0 Å². The molecule has 0 spiro atoms. The van der Waals surface area contributed by atoms with Crippen LogP contribution in [0.15, 0.2) is 6.20 Å². The van der Waals surface area contributed by atoms with Crippen LogP contribution < -0.4 is 10.6 Å². The summed E-state index contributed by atoms with van der Waals surface area (Å²) in [5, 5.41) is 13.6. The van der Waals surface area contributed by atoms with Gasteiger partial charge in [-0.3, -0.25) is 9.00 Å². The monoisotopic (exact) mass is 271 g/mol. The van der Waals surface area contributed by atoms with Crippen LogP contribution in [0.4, 0.5) is 0 Å². The second-order valence-corrected chi connectivity index (χ2v) is 5.95. The number of carbonyl (C=O) groups excluding carboxylic acids is 1. The summed E-state index contributed by atoms with van der Waals surface area (Å²) in [6, 6.07) is 0.298. The molecule has 0 saturated carbocycles. The molecule has 1 aliphatic rings. The van der Waals surface area contributed by atoms with Gasteiger partial charge in [-0.25, -0.2) is 4.68 Å². The molecule has 1 aromatic rings. The van der Waals surface area contributed by atoms with Crippen molar-refractivity contribution in [3.63, 3.8) is 0 Å². The van der Waals surface area contributed by atoms with E-state index in [0.29, 0.717) is 29.8 Å². The first-order chi connectivity index (χ1) is 8.70. The highest BCUT2D eigenvalue weighted by molar-refractivity contribution is 7.84. The Bertz CT molecular complexity index is 443. The molecule has 0 aliphatic carbocycles. The Hall–Kier alpha value is -1.28. The SMILES string of the molecule is CCS(=O)CCNC(=O)c1cn(C2CNC2)nn1. The van der Waals surface area contributed by atoms with Gasteiger partial charge in [0.1, 0.15) is 0 Å². The molecule has 7 nitrogen and oxygen atoms in total. The Morgan fingerprint density at radius 2 is 2.44 bits per heavy atom. The fraction of sp³-hybridized carbons (Fsp3) is 0.700. The maximum atomic E-state index is 11.7. The second-order valence-electron chi connectivity index (χ2n) is 4.08. The molecular weight excluding hydrogens is 254 g/mol. The zero-order valence-corrected chi connectivity index (χ0v) is 11.1. The van der Waals surface area contributed by atoms with Crippen LogP contribution in [0.5, 0.6) is 0 Å². The lowest BCUT2D eigenvalue weighted by molar-refractivity contribution is 0.0951. The van der Waals surface area contributed by atoms with Crippen LogP contribution in [0.2, 0.25) is 0 Å². The van der Waals surface area contributed by atoms with E-state index < -0.39 is 10.8 Å². The lowest BCUT2D eigenvalue weighted by Crippen LogP contribution is -2.43. The van der Waals surface area contributed by atoms with Crippen LogP contribution in [0.3, 0.4) is 0 Å². The second kappa shape index (κ2) is 6.05. The third kappa shape index (κ3) is 3.14. The van der Waals surface area contributed by atoms with Gasteiger partial charge < -0.3 is 10.6 Å². The minimum absolute atomic E-state index is 0.262. The minimum Gasteiger partial charge on any atom is -0.350 e. The quantitative estimate of drug-likeness (QED) is 0.687. The first-order valence-electron chi connectivity index (χ1n) is 5.96. The molecule has 1 saturated heterocycles. The minimum atomic E-state index is -0.858. The maximum Gasteiger partial charge on any atom is 0.273 e. The Labute approximate surface area is 108 Å². The summed E-state index contributed by atoms with van der Waals surface area (Å²) >= 11 is 0. The van der Waals surface area contributed by atoms with Gasteiger partial charge in [0.05, 0.1) is 12.2 Å². The van der Waals surface area contributed by atoms with Crippen LogP contribution in [-0.2, 0) is 10.8 Å². The van der Waals surface area contributed by atoms with E-state index in [9.17, 15) is 9.00 Å². The van der Waals surface area contributed by atoms with Crippen molar-refractivity contribution in [3.8, 4) is 0 Å². The normalized spacial score (nSPS) is 17.2. The van der Waals surface area contributed by atoms with E-state index >= 15 is 0 Å². The highest BCUT2D eigenvalue weighted by Gasteiger charge is 2.21. The Balaban J connectivity index is 1.81. The number of aromatic nitrogens is 3. The van der Waals surface area contributed by atoms with Gasteiger partial charge in [0.2, 0.25) is 0 Å². The van der Waals surface area contributed by atoms with Crippen molar-refractivity contribution in [1.29, 1.82) is 0 Å². The molecule has 0 radical (unpaired) electrons. The summed E-state index contributed by atoms with van der Waals surface area (Å²) in [6.45, 7) is 3.98. The van der Waals surface area contributed by atoms with Gasteiger partial charge in [-0.05, 0) is 0 Å². The van der Waals surface area contributed by atoms with Gasteiger partial charge in [0.15, 0.2) is 5.69 Å². The van der Waals surface area contributed by atoms with Gasteiger partial charge in [0, 0.05) is 41.9 Å². The lowest BCUT2D eigenvalue weighted by Gasteiger charge is -2.26. The Morgan fingerprint density at radius 1 is 1.67 bits per heavy atom. The molecule has 1 aromatic heterocycles. The molecule has 1 amide bonds. The molecule has 18 heavy (non-hydrogen) atoms. The van der Waals surface area contributed by atoms with Gasteiger partial charge in [-0.15, -0.1) is 5.10 Å². The van der Waals surface area contributed by atoms with Crippen LogP contribution >= 0.6 is 0 Å².